The molecule has 1 saturated carbocycles. The van der Waals surface area contributed by atoms with Gasteiger partial charge in [-0.15, -0.1) is 0 Å². The van der Waals surface area contributed by atoms with E-state index in [1.807, 2.05) is 0 Å². The first kappa shape index (κ1) is 14.3. The first-order valence-electron chi connectivity index (χ1n) is 7.55. The molecule has 1 heterocycles. The summed E-state index contributed by atoms with van der Waals surface area (Å²) >= 11 is 0. The number of rotatable bonds is 2. The predicted molar refractivity (Wildman–Crippen MR) is 77.6 cm³/mol. The van der Waals surface area contributed by atoms with Crippen molar-refractivity contribution in [3.63, 3.8) is 0 Å². The molecule has 0 spiro atoms. The summed E-state index contributed by atoms with van der Waals surface area (Å²) in [7, 11) is 2.22. The Balaban J connectivity index is 2.05. The van der Waals surface area contributed by atoms with E-state index in [0.29, 0.717) is 11.5 Å². The molecule has 1 saturated heterocycles. The Bertz CT molecular complexity index is 277. The Morgan fingerprint density at radius 3 is 2.56 bits per heavy atom. The SMILES string of the molecule is CC1CC(N2CCN(C)CC2CN)CC(C)(C)C1. The molecule has 2 fully saturated rings. The van der Waals surface area contributed by atoms with E-state index in [1.165, 1.54) is 32.4 Å². The Hall–Kier alpha value is -0.120. The first-order valence-corrected chi connectivity index (χ1v) is 7.55. The molecule has 18 heavy (non-hydrogen) atoms. The van der Waals surface area contributed by atoms with Crippen molar-refractivity contribution in [3.8, 4) is 0 Å². The highest BCUT2D eigenvalue weighted by Crippen LogP contribution is 2.41. The van der Waals surface area contributed by atoms with Gasteiger partial charge in [0.1, 0.15) is 0 Å². The number of hydrogen-bond acceptors (Lipinski definition) is 3. The summed E-state index contributed by atoms with van der Waals surface area (Å²) in [6.45, 7) is 11.6. The average molecular weight is 253 g/mol. The second kappa shape index (κ2) is 5.48. The molecule has 3 unspecified atom stereocenters. The molecule has 0 aromatic rings. The van der Waals surface area contributed by atoms with Gasteiger partial charge in [-0.1, -0.05) is 20.8 Å². The van der Waals surface area contributed by atoms with Gasteiger partial charge >= 0.3 is 0 Å². The molecule has 3 atom stereocenters. The standard InChI is InChI=1S/C15H31N3/c1-12-7-13(9-15(2,3)8-12)18-6-5-17(4)11-14(18)10-16/h12-14H,5-11,16H2,1-4H3. The third kappa shape index (κ3) is 3.25. The number of hydrogen-bond donors (Lipinski definition) is 1. The van der Waals surface area contributed by atoms with Gasteiger partial charge in [-0.2, -0.15) is 0 Å². The fraction of sp³-hybridized carbons (Fsp3) is 1.00. The maximum Gasteiger partial charge on any atom is 0.0349 e. The number of nitrogens with zero attached hydrogens (tertiary/aromatic N) is 2. The summed E-state index contributed by atoms with van der Waals surface area (Å²) in [5.74, 6) is 0.858. The van der Waals surface area contributed by atoms with Crippen LogP contribution in [-0.4, -0.2) is 55.1 Å². The predicted octanol–water partition coefficient (Wildman–Crippen LogP) is 1.78. The number of likely N-dealkylation sites (N-methyl/N-ethyl adjacent to an activating group) is 1. The zero-order valence-electron chi connectivity index (χ0n) is 12.7. The van der Waals surface area contributed by atoms with Gasteiger partial charge in [-0.05, 0) is 37.6 Å². The first-order chi connectivity index (χ1) is 8.41. The van der Waals surface area contributed by atoms with E-state index in [9.17, 15) is 0 Å². The van der Waals surface area contributed by atoms with E-state index in [4.69, 9.17) is 5.73 Å². The normalized spacial score (nSPS) is 38.8. The van der Waals surface area contributed by atoms with E-state index >= 15 is 0 Å². The van der Waals surface area contributed by atoms with Gasteiger partial charge in [0.15, 0.2) is 0 Å². The summed E-state index contributed by atoms with van der Waals surface area (Å²) in [6.07, 6.45) is 4.09. The van der Waals surface area contributed by atoms with Crippen molar-refractivity contribution in [1.29, 1.82) is 0 Å². The fourth-order valence-electron chi connectivity index (χ4n) is 4.26. The van der Waals surface area contributed by atoms with Gasteiger partial charge in [0.25, 0.3) is 0 Å². The van der Waals surface area contributed by atoms with E-state index in [-0.39, 0.29) is 0 Å². The largest absolute Gasteiger partial charge is 0.329 e. The molecule has 2 rings (SSSR count). The lowest BCUT2D eigenvalue weighted by Crippen LogP contribution is -2.59. The maximum absolute atomic E-state index is 6.00. The van der Waals surface area contributed by atoms with Crippen molar-refractivity contribution >= 4 is 0 Å². The molecule has 1 aliphatic carbocycles. The third-order valence-electron chi connectivity index (χ3n) is 4.84. The van der Waals surface area contributed by atoms with Crippen molar-refractivity contribution in [2.24, 2.45) is 17.1 Å². The van der Waals surface area contributed by atoms with Crippen LogP contribution < -0.4 is 5.73 Å². The van der Waals surface area contributed by atoms with E-state index in [1.54, 1.807) is 0 Å². The van der Waals surface area contributed by atoms with Crippen LogP contribution in [0.4, 0.5) is 0 Å². The lowest BCUT2D eigenvalue weighted by atomic mass is 9.70. The van der Waals surface area contributed by atoms with Crippen LogP contribution >= 0.6 is 0 Å². The van der Waals surface area contributed by atoms with Gasteiger partial charge in [0.05, 0.1) is 0 Å². The minimum absolute atomic E-state index is 0.505. The molecular formula is C15H31N3. The van der Waals surface area contributed by atoms with E-state index in [0.717, 1.165) is 25.0 Å². The van der Waals surface area contributed by atoms with Crippen molar-refractivity contribution in [3.05, 3.63) is 0 Å². The molecule has 2 N–H and O–H groups in total. The Morgan fingerprint density at radius 2 is 1.94 bits per heavy atom. The molecule has 3 nitrogen and oxygen atoms in total. The highest BCUT2D eigenvalue weighted by Gasteiger charge is 2.38. The second-order valence-electron chi connectivity index (χ2n) is 7.46. The lowest BCUT2D eigenvalue weighted by molar-refractivity contribution is 0.00356. The molecule has 0 aromatic heterocycles. The quantitative estimate of drug-likeness (QED) is 0.814. The Morgan fingerprint density at radius 1 is 1.22 bits per heavy atom. The van der Waals surface area contributed by atoms with Crippen molar-refractivity contribution in [1.82, 2.24) is 9.80 Å². The van der Waals surface area contributed by atoms with Gasteiger partial charge in [-0.25, -0.2) is 0 Å². The van der Waals surface area contributed by atoms with Gasteiger partial charge < -0.3 is 10.6 Å². The molecular weight excluding hydrogens is 222 g/mol. The highest BCUT2D eigenvalue weighted by molar-refractivity contribution is 4.93. The molecule has 1 aliphatic heterocycles. The van der Waals surface area contributed by atoms with Gasteiger partial charge in [0, 0.05) is 38.3 Å². The monoisotopic (exact) mass is 253 g/mol. The Labute approximate surface area is 113 Å². The van der Waals surface area contributed by atoms with Crippen molar-refractivity contribution < 1.29 is 0 Å². The smallest absolute Gasteiger partial charge is 0.0349 e. The number of nitrogens with two attached hydrogens (primary N) is 1. The van der Waals surface area contributed by atoms with Crippen molar-refractivity contribution in [2.45, 2.75) is 52.1 Å². The highest BCUT2D eigenvalue weighted by atomic mass is 15.3. The minimum atomic E-state index is 0.505. The summed E-state index contributed by atoms with van der Waals surface area (Å²) in [5.41, 5.74) is 6.50. The van der Waals surface area contributed by atoms with E-state index in [2.05, 4.69) is 37.6 Å². The molecule has 0 radical (unpaired) electrons. The summed E-state index contributed by atoms with van der Waals surface area (Å²) in [5, 5.41) is 0. The zero-order valence-corrected chi connectivity index (χ0v) is 12.7. The zero-order chi connectivity index (χ0) is 13.3. The van der Waals surface area contributed by atoms with E-state index < -0.39 is 0 Å². The van der Waals surface area contributed by atoms with Crippen LogP contribution in [0.5, 0.6) is 0 Å². The molecule has 2 aliphatic rings. The topological polar surface area (TPSA) is 32.5 Å². The van der Waals surface area contributed by atoms with Crippen LogP contribution in [0, 0.1) is 11.3 Å². The molecule has 3 heteroatoms. The molecule has 106 valence electrons. The van der Waals surface area contributed by atoms with Crippen LogP contribution in [0.1, 0.15) is 40.0 Å². The maximum atomic E-state index is 6.00. The molecule has 0 bridgehead atoms. The molecule has 0 amide bonds. The van der Waals surface area contributed by atoms with Gasteiger partial charge in [-0.3, -0.25) is 4.90 Å². The lowest BCUT2D eigenvalue weighted by Gasteiger charge is -2.49. The average Bonchev–Trinajstić information content (AvgIpc) is 2.25. The van der Waals surface area contributed by atoms with Crippen LogP contribution in [0.15, 0.2) is 0 Å². The van der Waals surface area contributed by atoms with Crippen LogP contribution in [-0.2, 0) is 0 Å². The second-order valence-corrected chi connectivity index (χ2v) is 7.46. The van der Waals surface area contributed by atoms with Crippen molar-refractivity contribution in [2.75, 3.05) is 33.2 Å². The summed E-state index contributed by atoms with van der Waals surface area (Å²) < 4.78 is 0. The van der Waals surface area contributed by atoms with Crippen LogP contribution in [0.25, 0.3) is 0 Å². The summed E-state index contributed by atoms with van der Waals surface area (Å²) in [6, 6.07) is 1.32. The minimum Gasteiger partial charge on any atom is -0.329 e. The third-order valence-corrected chi connectivity index (χ3v) is 4.84. The van der Waals surface area contributed by atoms with Crippen LogP contribution in [0.2, 0.25) is 0 Å². The van der Waals surface area contributed by atoms with Crippen LogP contribution in [0.3, 0.4) is 0 Å². The summed E-state index contributed by atoms with van der Waals surface area (Å²) in [4.78, 5) is 5.14. The fourth-order valence-corrected chi connectivity index (χ4v) is 4.26. The number of piperazine rings is 1. The molecule has 0 aromatic carbocycles. The van der Waals surface area contributed by atoms with Gasteiger partial charge in [0.2, 0.25) is 0 Å². The Kier molecular flexibility index (Phi) is 4.35.